The highest BCUT2D eigenvalue weighted by molar-refractivity contribution is 6.30. The number of amides is 3. The average molecular weight is 454 g/mol. The number of benzene rings is 2. The SMILES string of the molecule is CC(C)N1CC(=O)N(Cc2ccc(Cl)cc2)[C@]2(CCC(C(=O)Nc3ccccc3)C2)C1=O. The van der Waals surface area contributed by atoms with Crippen molar-refractivity contribution in [2.45, 2.75) is 51.2 Å². The van der Waals surface area contributed by atoms with Crippen molar-refractivity contribution >= 4 is 35.0 Å². The van der Waals surface area contributed by atoms with E-state index in [4.69, 9.17) is 11.6 Å². The number of hydrogen-bond acceptors (Lipinski definition) is 3. The lowest BCUT2D eigenvalue weighted by atomic mass is 9.87. The molecule has 1 heterocycles. The van der Waals surface area contributed by atoms with Crippen molar-refractivity contribution in [3.05, 3.63) is 65.2 Å². The molecule has 4 rings (SSSR count). The largest absolute Gasteiger partial charge is 0.329 e. The van der Waals surface area contributed by atoms with Gasteiger partial charge in [-0.2, -0.15) is 0 Å². The molecule has 1 aliphatic heterocycles. The molecule has 2 aromatic carbocycles. The number of halogens is 1. The number of anilines is 1. The minimum atomic E-state index is -1.00. The van der Waals surface area contributed by atoms with Crippen molar-refractivity contribution in [1.29, 1.82) is 0 Å². The number of piperazine rings is 1. The van der Waals surface area contributed by atoms with Crippen LogP contribution in [0.2, 0.25) is 5.02 Å². The second-order valence-electron chi connectivity index (χ2n) is 8.96. The molecular weight excluding hydrogens is 426 g/mol. The van der Waals surface area contributed by atoms with Crippen LogP contribution >= 0.6 is 11.6 Å². The molecule has 2 atom stereocenters. The summed E-state index contributed by atoms with van der Waals surface area (Å²) in [5.41, 5.74) is 0.634. The van der Waals surface area contributed by atoms with Crippen LogP contribution in [-0.4, -0.2) is 45.6 Å². The Hall–Kier alpha value is -2.86. The third-order valence-electron chi connectivity index (χ3n) is 6.56. The van der Waals surface area contributed by atoms with Gasteiger partial charge < -0.3 is 15.1 Å². The first-order valence-corrected chi connectivity index (χ1v) is 11.4. The zero-order chi connectivity index (χ0) is 22.9. The maximum atomic E-state index is 13.7. The van der Waals surface area contributed by atoms with E-state index >= 15 is 0 Å². The van der Waals surface area contributed by atoms with Crippen molar-refractivity contribution in [3.63, 3.8) is 0 Å². The Morgan fingerprint density at radius 3 is 2.47 bits per heavy atom. The highest BCUT2D eigenvalue weighted by Crippen LogP contribution is 2.44. The van der Waals surface area contributed by atoms with Crippen molar-refractivity contribution in [2.24, 2.45) is 5.92 Å². The number of nitrogens with zero attached hydrogens (tertiary/aromatic N) is 2. The number of carbonyl (C=O) groups excluding carboxylic acids is 3. The van der Waals surface area contributed by atoms with E-state index in [9.17, 15) is 14.4 Å². The first kappa shape index (κ1) is 22.3. The molecule has 7 heteroatoms. The van der Waals surface area contributed by atoms with Crippen LogP contribution in [0.4, 0.5) is 5.69 Å². The topological polar surface area (TPSA) is 69.7 Å². The van der Waals surface area contributed by atoms with E-state index in [0.717, 1.165) is 11.3 Å². The van der Waals surface area contributed by atoms with E-state index < -0.39 is 5.54 Å². The van der Waals surface area contributed by atoms with Gasteiger partial charge in [0.05, 0.1) is 0 Å². The maximum absolute atomic E-state index is 13.7. The van der Waals surface area contributed by atoms with E-state index in [1.54, 1.807) is 21.9 Å². The molecule has 2 fully saturated rings. The molecule has 1 N–H and O–H groups in total. The number of carbonyl (C=O) groups is 3. The quantitative estimate of drug-likeness (QED) is 0.741. The van der Waals surface area contributed by atoms with Gasteiger partial charge in [-0.3, -0.25) is 14.4 Å². The lowest BCUT2D eigenvalue weighted by Crippen LogP contribution is -2.68. The number of rotatable bonds is 5. The fourth-order valence-electron chi connectivity index (χ4n) is 4.81. The molecule has 0 bridgehead atoms. The Morgan fingerprint density at radius 1 is 1.12 bits per heavy atom. The van der Waals surface area contributed by atoms with Gasteiger partial charge in [0.2, 0.25) is 17.7 Å². The van der Waals surface area contributed by atoms with Gasteiger partial charge in [0.1, 0.15) is 12.1 Å². The summed E-state index contributed by atoms with van der Waals surface area (Å²) in [7, 11) is 0. The maximum Gasteiger partial charge on any atom is 0.249 e. The van der Waals surface area contributed by atoms with Crippen LogP contribution < -0.4 is 5.32 Å². The van der Waals surface area contributed by atoms with Gasteiger partial charge in [-0.05, 0) is 62.9 Å². The third-order valence-corrected chi connectivity index (χ3v) is 6.81. The zero-order valence-electron chi connectivity index (χ0n) is 18.4. The summed E-state index contributed by atoms with van der Waals surface area (Å²) < 4.78 is 0. The predicted molar refractivity (Wildman–Crippen MR) is 124 cm³/mol. The van der Waals surface area contributed by atoms with Crippen LogP contribution in [0.1, 0.15) is 38.7 Å². The molecule has 1 spiro atoms. The van der Waals surface area contributed by atoms with Gasteiger partial charge in [0, 0.05) is 29.2 Å². The van der Waals surface area contributed by atoms with Crippen LogP contribution in [0.15, 0.2) is 54.6 Å². The Bertz CT molecular complexity index is 1010. The predicted octanol–water partition coefficient (Wildman–Crippen LogP) is 4.10. The molecule has 3 amide bonds. The van der Waals surface area contributed by atoms with Gasteiger partial charge in [-0.1, -0.05) is 41.9 Å². The monoisotopic (exact) mass is 453 g/mol. The summed E-state index contributed by atoms with van der Waals surface area (Å²) in [5, 5.41) is 3.57. The number of nitrogens with one attached hydrogen (secondary N) is 1. The highest BCUT2D eigenvalue weighted by Gasteiger charge is 2.57. The minimum absolute atomic E-state index is 0.0592. The first-order chi connectivity index (χ1) is 15.3. The zero-order valence-corrected chi connectivity index (χ0v) is 19.1. The van der Waals surface area contributed by atoms with E-state index in [1.165, 1.54) is 0 Å². The molecule has 168 valence electrons. The third kappa shape index (κ3) is 4.24. The van der Waals surface area contributed by atoms with Crippen LogP contribution in [0.3, 0.4) is 0 Å². The second kappa shape index (κ2) is 8.94. The Labute approximate surface area is 193 Å². The standard InChI is InChI=1S/C25H28ClN3O3/c1-17(2)28-16-22(30)29(15-18-8-10-20(26)11-9-18)25(24(28)32)13-12-19(14-25)23(31)27-21-6-4-3-5-7-21/h3-11,17,19H,12-16H2,1-2H3,(H,27,31)/t19?,25-/m0/s1. The van der Waals surface area contributed by atoms with Gasteiger partial charge >= 0.3 is 0 Å². The van der Waals surface area contributed by atoms with E-state index in [0.29, 0.717) is 30.8 Å². The lowest BCUT2D eigenvalue weighted by molar-refractivity contribution is -0.167. The molecule has 1 saturated carbocycles. The molecule has 0 aromatic heterocycles. The van der Waals surface area contributed by atoms with E-state index in [-0.39, 0.29) is 36.2 Å². The normalized spacial score (nSPS) is 23.3. The van der Waals surface area contributed by atoms with Gasteiger partial charge in [-0.15, -0.1) is 0 Å². The molecular formula is C25H28ClN3O3. The molecule has 6 nitrogen and oxygen atoms in total. The van der Waals surface area contributed by atoms with Crippen molar-refractivity contribution in [1.82, 2.24) is 9.80 Å². The fourth-order valence-corrected chi connectivity index (χ4v) is 4.93. The van der Waals surface area contributed by atoms with E-state index in [2.05, 4.69) is 5.32 Å². The van der Waals surface area contributed by atoms with Crippen LogP contribution in [0.25, 0.3) is 0 Å². The molecule has 1 saturated heterocycles. The molecule has 0 radical (unpaired) electrons. The molecule has 32 heavy (non-hydrogen) atoms. The van der Waals surface area contributed by atoms with Gasteiger partial charge in [-0.25, -0.2) is 0 Å². The Morgan fingerprint density at radius 2 is 1.81 bits per heavy atom. The molecule has 1 aliphatic carbocycles. The molecule has 2 aromatic rings. The van der Waals surface area contributed by atoms with Crippen molar-refractivity contribution < 1.29 is 14.4 Å². The summed E-state index contributed by atoms with van der Waals surface area (Å²) in [6, 6.07) is 16.5. The second-order valence-corrected chi connectivity index (χ2v) is 9.40. The lowest BCUT2D eigenvalue weighted by Gasteiger charge is -2.49. The van der Waals surface area contributed by atoms with Gasteiger partial charge in [0.25, 0.3) is 0 Å². The highest BCUT2D eigenvalue weighted by atomic mass is 35.5. The molecule has 1 unspecified atom stereocenters. The van der Waals surface area contributed by atoms with Gasteiger partial charge in [0.15, 0.2) is 0 Å². The average Bonchev–Trinajstić information content (AvgIpc) is 3.22. The summed E-state index contributed by atoms with van der Waals surface area (Å²) in [6.45, 7) is 4.22. The summed E-state index contributed by atoms with van der Waals surface area (Å²) >= 11 is 6.02. The fraction of sp³-hybridized carbons (Fsp3) is 0.400. The molecule has 2 aliphatic rings. The van der Waals surface area contributed by atoms with Crippen LogP contribution in [0.5, 0.6) is 0 Å². The minimum Gasteiger partial charge on any atom is -0.329 e. The number of hydrogen-bond donors (Lipinski definition) is 1. The van der Waals surface area contributed by atoms with Crippen molar-refractivity contribution in [2.75, 3.05) is 11.9 Å². The van der Waals surface area contributed by atoms with Crippen LogP contribution in [-0.2, 0) is 20.9 Å². The van der Waals surface area contributed by atoms with E-state index in [1.807, 2.05) is 56.3 Å². The Balaban J connectivity index is 1.61. The Kier molecular flexibility index (Phi) is 6.24. The summed E-state index contributed by atoms with van der Waals surface area (Å²) in [5.74, 6) is -0.596. The number of para-hydroxylation sites is 1. The van der Waals surface area contributed by atoms with Crippen molar-refractivity contribution in [3.8, 4) is 0 Å². The first-order valence-electron chi connectivity index (χ1n) is 11.0. The summed E-state index contributed by atoms with van der Waals surface area (Å²) in [4.78, 5) is 43.3. The summed E-state index contributed by atoms with van der Waals surface area (Å²) in [6.07, 6.45) is 1.36. The van der Waals surface area contributed by atoms with Crippen LogP contribution in [0, 0.1) is 5.92 Å². The smallest absolute Gasteiger partial charge is 0.249 e.